The van der Waals surface area contributed by atoms with Gasteiger partial charge in [0.15, 0.2) is 6.54 Å². The predicted octanol–water partition coefficient (Wildman–Crippen LogP) is 6.05. The van der Waals surface area contributed by atoms with Crippen molar-refractivity contribution in [1.82, 2.24) is 10.2 Å². The molecular weight excluding hydrogens is 532 g/mol. The number of ether oxygens (including phenoxy) is 2. The smallest absolute Gasteiger partial charge is 0.242 e. The molecule has 43 heavy (non-hydrogen) atoms. The highest BCUT2D eigenvalue weighted by Gasteiger charge is 2.20. The van der Waals surface area contributed by atoms with Gasteiger partial charge in [0.2, 0.25) is 6.61 Å². The van der Waals surface area contributed by atoms with Gasteiger partial charge in [-0.3, -0.25) is 15.0 Å². The van der Waals surface area contributed by atoms with E-state index in [1.165, 1.54) is 5.56 Å². The van der Waals surface area contributed by atoms with Crippen LogP contribution in [0.5, 0.6) is 0 Å². The zero-order chi connectivity index (χ0) is 30.2. The number of terminal acetylenes is 1. The minimum atomic E-state index is 0.135. The molecule has 0 aromatic heterocycles. The van der Waals surface area contributed by atoms with Crippen LogP contribution in [-0.2, 0) is 9.47 Å². The second kappa shape index (κ2) is 21.1. The van der Waals surface area contributed by atoms with E-state index < -0.39 is 0 Å². The van der Waals surface area contributed by atoms with E-state index in [1.54, 1.807) is 18.7 Å². The molecule has 0 saturated carbocycles. The van der Waals surface area contributed by atoms with Crippen LogP contribution in [0.2, 0.25) is 0 Å². The Morgan fingerprint density at radius 2 is 1.33 bits per heavy atom. The van der Waals surface area contributed by atoms with Crippen LogP contribution in [0.4, 0.5) is 0 Å². The Morgan fingerprint density at radius 3 is 1.74 bits per heavy atom. The van der Waals surface area contributed by atoms with Gasteiger partial charge in [0.25, 0.3) is 0 Å². The maximum Gasteiger partial charge on any atom is 0.242 e. The summed E-state index contributed by atoms with van der Waals surface area (Å²) in [5, 5.41) is 3.10. The summed E-state index contributed by atoms with van der Waals surface area (Å²) in [5.74, 6) is 9.28. The molecule has 1 N–H and O–H groups in total. The van der Waals surface area contributed by atoms with E-state index in [1.807, 2.05) is 84.9 Å². The van der Waals surface area contributed by atoms with Gasteiger partial charge < -0.3 is 4.74 Å². The number of morpholine rings is 2. The van der Waals surface area contributed by atoms with E-state index in [0.717, 1.165) is 69.0 Å². The fourth-order valence-corrected chi connectivity index (χ4v) is 4.03. The van der Waals surface area contributed by atoms with E-state index in [2.05, 4.69) is 52.2 Å². The first-order valence-corrected chi connectivity index (χ1v) is 14.4. The molecule has 4 aromatic rings. The largest absolute Gasteiger partial charge is 0.379 e. The van der Waals surface area contributed by atoms with Crippen LogP contribution >= 0.6 is 0 Å². The van der Waals surface area contributed by atoms with Crippen molar-refractivity contribution in [2.45, 2.75) is 6.04 Å². The fraction of sp³-hybridized carbons (Fsp3) is 0.211. The lowest BCUT2D eigenvalue weighted by molar-refractivity contribution is 0.0270. The molecule has 0 radical (unpaired) electrons. The monoisotopic (exact) mass is 571 g/mol. The van der Waals surface area contributed by atoms with Gasteiger partial charge in [-0.05, 0) is 29.8 Å². The van der Waals surface area contributed by atoms with Crippen molar-refractivity contribution in [3.8, 4) is 24.2 Å². The molecule has 5 nitrogen and oxygen atoms in total. The van der Waals surface area contributed by atoms with Gasteiger partial charge >= 0.3 is 0 Å². The zero-order valence-electron chi connectivity index (χ0n) is 24.5. The van der Waals surface area contributed by atoms with Crippen LogP contribution in [0, 0.1) is 30.8 Å². The molecule has 0 amide bonds. The first-order chi connectivity index (χ1) is 21.3. The summed E-state index contributed by atoms with van der Waals surface area (Å²) in [5.41, 5.74) is 3.98. The number of carbonyl (C=O) groups excluding carboxylic acids is 1. The third-order valence-corrected chi connectivity index (χ3v) is 6.27. The molecule has 0 bridgehead atoms. The Bertz CT molecular complexity index is 1360. The molecule has 0 spiro atoms. The van der Waals surface area contributed by atoms with Gasteiger partial charge in [0.1, 0.15) is 12.9 Å². The number of carbonyl (C=O) groups is 1. The second-order valence-electron chi connectivity index (χ2n) is 9.38. The normalized spacial score (nSPS) is 14.4. The average molecular weight is 572 g/mol. The predicted molar refractivity (Wildman–Crippen MR) is 174 cm³/mol. The maximum atomic E-state index is 10.0. The van der Waals surface area contributed by atoms with Crippen LogP contribution in [0.3, 0.4) is 0 Å². The minimum Gasteiger partial charge on any atom is -0.379 e. The lowest BCUT2D eigenvalue weighted by Gasteiger charge is -2.31. The number of hydrogen-bond acceptors (Lipinski definition) is 5. The lowest BCUT2D eigenvalue weighted by Crippen LogP contribution is -2.38. The van der Waals surface area contributed by atoms with Gasteiger partial charge in [-0.25, -0.2) is 0 Å². The number of nitrogens with zero attached hydrogens (tertiary/aromatic N) is 1. The number of nitrogens with one attached hydrogen (secondary N) is 1. The van der Waals surface area contributed by atoms with Crippen LogP contribution in [-0.4, -0.2) is 57.2 Å². The molecule has 2 saturated heterocycles. The van der Waals surface area contributed by atoms with Crippen molar-refractivity contribution in [3.63, 3.8) is 0 Å². The third-order valence-electron chi connectivity index (χ3n) is 6.27. The Labute approximate surface area is 256 Å². The number of aldehydes is 1. The van der Waals surface area contributed by atoms with E-state index in [4.69, 9.17) is 15.9 Å². The summed E-state index contributed by atoms with van der Waals surface area (Å²) in [7, 11) is 0. The third kappa shape index (κ3) is 13.7. The van der Waals surface area contributed by atoms with Gasteiger partial charge in [-0.15, -0.1) is 6.42 Å². The first-order valence-electron chi connectivity index (χ1n) is 14.4. The van der Waals surface area contributed by atoms with Crippen molar-refractivity contribution in [2.24, 2.45) is 0 Å². The van der Waals surface area contributed by atoms with E-state index in [-0.39, 0.29) is 6.04 Å². The highest BCUT2D eigenvalue weighted by atomic mass is 16.5. The van der Waals surface area contributed by atoms with Gasteiger partial charge in [-0.2, -0.15) is 4.74 Å². The van der Waals surface area contributed by atoms with E-state index in [9.17, 15) is 4.79 Å². The van der Waals surface area contributed by atoms with Crippen LogP contribution in [0.1, 0.15) is 33.1 Å². The molecule has 5 heteroatoms. The molecule has 218 valence electrons. The standard InChI is InChI=1S/C19H19NO.C8H6.C7H6O.C4H8NO/c1-3-7-17(8-4-1)11-12-19(18-9-5-2-6-10-18)20-13-15-21-16-14-20;1-2-8-6-4-3-5-7-8;8-6-7-4-2-1-3-5-7;1-3-6-4-2-5-1/h1-10,19H,13-16H2;1,3-7H;1-6H;3,5H,1-2,4H2/q;;;+1. The van der Waals surface area contributed by atoms with E-state index >= 15 is 0 Å². The second-order valence-corrected chi connectivity index (χ2v) is 9.38. The number of rotatable bonds is 3. The van der Waals surface area contributed by atoms with Crippen LogP contribution in [0.25, 0.3) is 0 Å². The fourth-order valence-electron chi connectivity index (χ4n) is 4.03. The maximum absolute atomic E-state index is 10.0. The molecule has 1 unspecified atom stereocenters. The quantitative estimate of drug-likeness (QED) is 0.184. The molecular formula is C38H39N2O3+. The SMILES string of the molecule is C#Cc1ccccc1.C(#CC(c1ccccc1)N1CCOCC1)c1ccccc1.O=Cc1ccccc1.[CH+]1CNCCO1. The molecule has 4 aromatic carbocycles. The van der Waals surface area contributed by atoms with Crippen molar-refractivity contribution in [2.75, 3.05) is 46.0 Å². The summed E-state index contributed by atoms with van der Waals surface area (Å²) in [4.78, 5) is 12.4. The van der Waals surface area contributed by atoms with E-state index in [0.29, 0.717) is 0 Å². The molecule has 1 atom stereocenters. The Kier molecular flexibility index (Phi) is 16.2. The van der Waals surface area contributed by atoms with Crippen LogP contribution < -0.4 is 5.32 Å². The Hall–Kier alpha value is -4.62. The molecule has 0 aliphatic carbocycles. The molecule has 2 heterocycles. The summed E-state index contributed by atoms with van der Waals surface area (Å²) in [6, 6.07) is 39.5. The molecule has 2 aliphatic heterocycles. The minimum absolute atomic E-state index is 0.135. The summed E-state index contributed by atoms with van der Waals surface area (Å²) in [6.07, 6.45) is 5.93. The van der Waals surface area contributed by atoms with Crippen molar-refractivity contribution in [1.29, 1.82) is 0 Å². The molecule has 2 aliphatic rings. The summed E-state index contributed by atoms with van der Waals surface area (Å²) < 4.78 is 10.3. The highest BCUT2D eigenvalue weighted by Crippen LogP contribution is 2.21. The number of hydrogen-bond donors (Lipinski definition) is 1. The van der Waals surface area contributed by atoms with Gasteiger partial charge in [0.05, 0.1) is 19.3 Å². The van der Waals surface area contributed by atoms with Gasteiger partial charge in [-0.1, -0.05) is 115 Å². The highest BCUT2D eigenvalue weighted by molar-refractivity contribution is 5.74. The Balaban J connectivity index is 0.000000187. The van der Waals surface area contributed by atoms with Crippen molar-refractivity contribution in [3.05, 3.63) is 150 Å². The van der Waals surface area contributed by atoms with Crippen LogP contribution in [0.15, 0.2) is 121 Å². The first kappa shape index (κ1) is 32.9. The summed E-state index contributed by atoms with van der Waals surface area (Å²) >= 11 is 0. The number of benzene rings is 4. The van der Waals surface area contributed by atoms with Crippen molar-refractivity contribution < 1.29 is 14.3 Å². The topological polar surface area (TPSA) is 50.8 Å². The average Bonchev–Trinajstić information content (AvgIpc) is 3.12. The molecule has 2 fully saturated rings. The Morgan fingerprint density at radius 1 is 0.767 bits per heavy atom. The van der Waals surface area contributed by atoms with Crippen molar-refractivity contribution >= 4 is 6.29 Å². The molecule has 6 rings (SSSR count). The zero-order valence-corrected chi connectivity index (χ0v) is 24.5. The lowest BCUT2D eigenvalue weighted by atomic mass is 10.0. The van der Waals surface area contributed by atoms with Gasteiger partial charge in [0, 0.05) is 36.3 Å². The summed E-state index contributed by atoms with van der Waals surface area (Å²) in [6.45, 7) is 7.96.